The molecule has 114 valence electrons. The fourth-order valence-corrected chi connectivity index (χ4v) is 2.17. The van der Waals surface area contributed by atoms with E-state index < -0.39 is 24.1 Å². The van der Waals surface area contributed by atoms with Crippen LogP contribution in [0.25, 0.3) is 0 Å². The van der Waals surface area contributed by atoms with Crippen molar-refractivity contribution < 1.29 is 19.5 Å². The van der Waals surface area contributed by atoms with Gasteiger partial charge in [0.2, 0.25) is 5.91 Å². The van der Waals surface area contributed by atoms with Crippen LogP contribution in [0.5, 0.6) is 0 Å². The lowest BCUT2D eigenvalue weighted by Gasteiger charge is -2.23. The number of urea groups is 1. The lowest BCUT2D eigenvalue weighted by molar-refractivity contribution is -0.140. The lowest BCUT2D eigenvalue weighted by Crippen LogP contribution is -2.53. The van der Waals surface area contributed by atoms with Crippen LogP contribution in [0.3, 0.4) is 0 Å². The van der Waals surface area contributed by atoms with E-state index in [-0.39, 0.29) is 11.8 Å². The Labute approximate surface area is 118 Å². The molecule has 1 rings (SSSR count). The minimum Gasteiger partial charge on any atom is -0.480 e. The highest BCUT2D eigenvalue weighted by atomic mass is 16.4. The van der Waals surface area contributed by atoms with E-state index in [1.54, 1.807) is 25.7 Å². The molecule has 0 aromatic rings. The van der Waals surface area contributed by atoms with Crippen LogP contribution in [0.1, 0.15) is 33.6 Å². The molecule has 1 fully saturated rings. The number of nitrogens with one attached hydrogen (secondary N) is 2. The molecule has 3 amide bonds. The van der Waals surface area contributed by atoms with Crippen molar-refractivity contribution in [2.24, 2.45) is 5.92 Å². The number of amides is 3. The molecule has 0 aliphatic carbocycles. The molecular formula is C13H23N3O4. The smallest absolute Gasteiger partial charge is 0.326 e. The Morgan fingerprint density at radius 2 is 1.60 bits per heavy atom. The Kier molecular flexibility index (Phi) is 5.79. The van der Waals surface area contributed by atoms with E-state index in [1.807, 2.05) is 0 Å². The van der Waals surface area contributed by atoms with Gasteiger partial charge in [-0.3, -0.25) is 4.79 Å². The number of likely N-dealkylation sites (tertiary alicyclic amines) is 1. The van der Waals surface area contributed by atoms with Crippen LogP contribution in [0.15, 0.2) is 0 Å². The van der Waals surface area contributed by atoms with Crippen molar-refractivity contribution in [1.82, 2.24) is 15.5 Å². The average molecular weight is 285 g/mol. The highest BCUT2D eigenvalue weighted by Gasteiger charge is 2.27. The van der Waals surface area contributed by atoms with Crippen molar-refractivity contribution in [3.63, 3.8) is 0 Å². The number of carbonyl (C=O) groups excluding carboxylic acids is 2. The number of carboxylic acid groups (broad SMARTS) is 1. The first-order chi connectivity index (χ1) is 9.32. The van der Waals surface area contributed by atoms with E-state index >= 15 is 0 Å². The van der Waals surface area contributed by atoms with Gasteiger partial charge in [-0.15, -0.1) is 0 Å². The lowest BCUT2D eigenvalue weighted by atomic mass is 10.1. The van der Waals surface area contributed by atoms with Gasteiger partial charge in [0.1, 0.15) is 12.1 Å². The summed E-state index contributed by atoms with van der Waals surface area (Å²) in [4.78, 5) is 36.4. The molecule has 7 heteroatoms. The van der Waals surface area contributed by atoms with Gasteiger partial charge in [-0.05, 0) is 25.7 Å². The first-order valence-electron chi connectivity index (χ1n) is 6.91. The van der Waals surface area contributed by atoms with Crippen molar-refractivity contribution in [3.05, 3.63) is 0 Å². The Morgan fingerprint density at radius 3 is 2.05 bits per heavy atom. The fraction of sp³-hybridized carbons (Fsp3) is 0.769. The quantitative estimate of drug-likeness (QED) is 0.681. The summed E-state index contributed by atoms with van der Waals surface area (Å²) in [5.41, 5.74) is 0. The van der Waals surface area contributed by atoms with Crippen molar-refractivity contribution in [2.75, 3.05) is 13.1 Å². The molecule has 1 heterocycles. The number of carbonyl (C=O) groups is 3. The van der Waals surface area contributed by atoms with Crippen molar-refractivity contribution in [2.45, 2.75) is 45.7 Å². The second-order valence-corrected chi connectivity index (χ2v) is 5.43. The first kappa shape index (κ1) is 16.3. The number of carboxylic acids is 1. The maximum absolute atomic E-state index is 12.0. The molecule has 1 aliphatic heterocycles. The van der Waals surface area contributed by atoms with E-state index in [4.69, 9.17) is 5.11 Å². The summed E-state index contributed by atoms with van der Waals surface area (Å²) in [6.07, 6.45) is 1.97. The number of hydrogen-bond donors (Lipinski definition) is 3. The summed E-state index contributed by atoms with van der Waals surface area (Å²) in [7, 11) is 0. The molecule has 0 radical (unpaired) electrons. The molecule has 1 saturated heterocycles. The minimum absolute atomic E-state index is 0.130. The van der Waals surface area contributed by atoms with Gasteiger partial charge in [0.05, 0.1) is 0 Å². The molecule has 0 aromatic carbocycles. The number of aliphatic carboxylic acids is 1. The molecule has 0 saturated carbocycles. The first-order valence-corrected chi connectivity index (χ1v) is 6.91. The molecule has 0 aromatic heterocycles. The third-order valence-corrected chi connectivity index (χ3v) is 3.36. The number of nitrogens with zero attached hydrogens (tertiary/aromatic N) is 1. The molecule has 0 bridgehead atoms. The summed E-state index contributed by atoms with van der Waals surface area (Å²) in [5, 5.41) is 13.9. The van der Waals surface area contributed by atoms with Gasteiger partial charge in [0.15, 0.2) is 0 Å². The van der Waals surface area contributed by atoms with Gasteiger partial charge in [0.25, 0.3) is 0 Å². The molecule has 20 heavy (non-hydrogen) atoms. The summed E-state index contributed by atoms with van der Waals surface area (Å²) < 4.78 is 0. The van der Waals surface area contributed by atoms with Crippen molar-refractivity contribution in [3.8, 4) is 0 Å². The number of hydrogen-bond acceptors (Lipinski definition) is 3. The second-order valence-electron chi connectivity index (χ2n) is 5.43. The van der Waals surface area contributed by atoms with Gasteiger partial charge in [-0.2, -0.15) is 0 Å². The predicted molar refractivity (Wildman–Crippen MR) is 73.2 cm³/mol. The highest BCUT2D eigenvalue weighted by molar-refractivity contribution is 5.88. The van der Waals surface area contributed by atoms with Gasteiger partial charge in [0, 0.05) is 13.1 Å². The van der Waals surface area contributed by atoms with Crippen LogP contribution in [0.2, 0.25) is 0 Å². The zero-order valence-corrected chi connectivity index (χ0v) is 12.2. The van der Waals surface area contributed by atoms with E-state index in [9.17, 15) is 14.4 Å². The molecule has 3 N–H and O–H groups in total. The zero-order chi connectivity index (χ0) is 15.3. The summed E-state index contributed by atoms with van der Waals surface area (Å²) >= 11 is 0. The highest BCUT2D eigenvalue weighted by Crippen LogP contribution is 2.09. The van der Waals surface area contributed by atoms with E-state index in [0.29, 0.717) is 0 Å². The van der Waals surface area contributed by atoms with Gasteiger partial charge >= 0.3 is 12.0 Å². The van der Waals surface area contributed by atoms with Crippen LogP contribution in [0, 0.1) is 5.92 Å². The molecule has 1 aliphatic rings. The summed E-state index contributed by atoms with van der Waals surface area (Å²) in [5.74, 6) is -1.45. The normalized spacial score (nSPS) is 17.7. The van der Waals surface area contributed by atoms with Crippen LogP contribution >= 0.6 is 0 Å². The Bertz CT molecular complexity index is 378. The second kappa shape index (κ2) is 7.12. The monoisotopic (exact) mass is 285 g/mol. The largest absolute Gasteiger partial charge is 0.480 e. The molecule has 0 spiro atoms. The van der Waals surface area contributed by atoms with Gasteiger partial charge in [-0.1, -0.05) is 13.8 Å². The fourth-order valence-electron chi connectivity index (χ4n) is 2.17. The van der Waals surface area contributed by atoms with Gasteiger partial charge < -0.3 is 20.6 Å². The van der Waals surface area contributed by atoms with E-state index in [0.717, 1.165) is 25.9 Å². The van der Waals surface area contributed by atoms with Crippen LogP contribution in [0.4, 0.5) is 4.79 Å². The summed E-state index contributed by atoms with van der Waals surface area (Å²) in [6.45, 7) is 6.45. The maximum Gasteiger partial charge on any atom is 0.326 e. The SMILES string of the molecule is CC(NC(=O)NC(C(=O)O)C(C)C)C(=O)N1CCCC1. The zero-order valence-electron chi connectivity index (χ0n) is 12.2. The van der Waals surface area contributed by atoms with E-state index in [1.165, 1.54) is 0 Å². The Morgan fingerprint density at radius 1 is 1.05 bits per heavy atom. The minimum atomic E-state index is -1.09. The average Bonchev–Trinajstić information content (AvgIpc) is 2.87. The Balaban J connectivity index is 2.48. The van der Waals surface area contributed by atoms with Crippen LogP contribution < -0.4 is 10.6 Å². The molecular weight excluding hydrogens is 262 g/mol. The van der Waals surface area contributed by atoms with Gasteiger partial charge in [-0.25, -0.2) is 9.59 Å². The van der Waals surface area contributed by atoms with E-state index in [2.05, 4.69) is 10.6 Å². The Hall–Kier alpha value is -1.79. The predicted octanol–water partition coefficient (Wildman–Crippen LogP) is 0.406. The third-order valence-electron chi connectivity index (χ3n) is 3.36. The molecule has 2 unspecified atom stereocenters. The van der Waals surface area contributed by atoms with Crippen LogP contribution in [-0.4, -0.2) is 53.1 Å². The molecule has 7 nitrogen and oxygen atoms in total. The van der Waals surface area contributed by atoms with Crippen LogP contribution in [-0.2, 0) is 9.59 Å². The third kappa shape index (κ3) is 4.40. The summed E-state index contributed by atoms with van der Waals surface area (Å²) in [6, 6.07) is -2.26. The maximum atomic E-state index is 12.0. The number of rotatable bonds is 5. The van der Waals surface area contributed by atoms with Crippen molar-refractivity contribution in [1.29, 1.82) is 0 Å². The topological polar surface area (TPSA) is 98.7 Å². The van der Waals surface area contributed by atoms with Crippen molar-refractivity contribution >= 4 is 17.9 Å². The standard InChI is InChI=1S/C13H23N3O4/c1-8(2)10(12(18)19)15-13(20)14-9(3)11(17)16-6-4-5-7-16/h8-10H,4-7H2,1-3H3,(H,18,19)(H2,14,15,20). The molecule has 2 atom stereocenters.